The average Bonchev–Trinajstić information content (AvgIpc) is 2.77. The molecule has 2 aromatic rings. The van der Waals surface area contributed by atoms with Crippen molar-refractivity contribution in [3.8, 4) is 0 Å². The summed E-state index contributed by atoms with van der Waals surface area (Å²) in [6.45, 7) is 6.91. The highest BCUT2D eigenvalue weighted by molar-refractivity contribution is 7.99. The minimum Gasteiger partial charge on any atom is -0.268 e. The zero-order valence-corrected chi connectivity index (χ0v) is 16.9. The highest BCUT2D eigenvalue weighted by Crippen LogP contribution is 2.37. The SMILES string of the molecule is CCn1nc(C)c(S(=O)(=O)N2CCS[C@H](c3ccccc3F)CC2)c1C. The summed E-state index contributed by atoms with van der Waals surface area (Å²) >= 11 is 1.62. The molecule has 0 amide bonds. The first-order valence-corrected chi connectivity index (χ1v) is 11.2. The van der Waals surface area contributed by atoms with Crippen LogP contribution in [0.5, 0.6) is 0 Å². The average molecular weight is 398 g/mol. The van der Waals surface area contributed by atoms with E-state index in [1.807, 2.05) is 13.0 Å². The molecule has 3 rings (SSSR count). The van der Waals surface area contributed by atoms with Crippen molar-refractivity contribution in [2.75, 3.05) is 18.8 Å². The third-order valence-electron chi connectivity index (χ3n) is 4.77. The molecule has 1 aromatic carbocycles. The van der Waals surface area contributed by atoms with Crippen LogP contribution in [0.2, 0.25) is 0 Å². The van der Waals surface area contributed by atoms with Crippen LogP contribution < -0.4 is 0 Å². The minimum atomic E-state index is -3.61. The molecule has 2 heterocycles. The summed E-state index contributed by atoms with van der Waals surface area (Å²) in [7, 11) is -3.61. The maximum Gasteiger partial charge on any atom is 0.246 e. The monoisotopic (exact) mass is 397 g/mol. The second-order valence-corrected chi connectivity index (χ2v) is 9.57. The van der Waals surface area contributed by atoms with Crippen molar-refractivity contribution in [2.45, 2.75) is 43.9 Å². The summed E-state index contributed by atoms with van der Waals surface area (Å²) in [6, 6.07) is 6.75. The Labute approximate surface area is 158 Å². The van der Waals surface area contributed by atoms with Gasteiger partial charge in [0.15, 0.2) is 0 Å². The van der Waals surface area contributed by atoms with Gasteiger partial charge in [-0.05, 0) is 33.3 Å². The first-order valence-electron chi connectivity index (χ1n) is 8.76. The van der Waals surface area contributed by atoms with Crippen molar-refractivity contribution >= 4 is 21.8 Å². The molecule has 8 heteroatoms. The molecule has 1 aliphatic rings. The minimum absolute atomic E-state index is 0.0306. The zero-order valence-electron chi connectivity index (χ0n) is 15.3. The fraction of sp³-hybridized carbons (Fsp3) is 0.500. The number of sulfonamides is 1. The summed E-state index contributed by atoms with van der Waals surface area (Å²) in [6.07, 6.45) is 0.588. The van der Waals surface area contributed by atoms with E-state index in [0.29, 0.717) is 53.7 Å². The third kappa shape index (κ3) is 3.54. The summed E-state index contributed by atoms with van der Waals surface area (Å²) in [5, 5.41) is 4.31. The fourth-order valence-electron chi connectivity index (χ4n) is 3.47. The topological polar surface area (TPSA) is 55.2 Å². The van der Waals surface area contributed by atoms with Gasteiger partial charge in [-0.25, -0.2) is 12.8 Å². The third-order valence-corrected chi connectivity index (χ3v) is 8.23. The molecule has 0 radical (unpaired) electrons. The molecule has 1 saturated heterocycles. The quantitative estimate of drug-likeness (QED) is 0.792. The standard InChI is InChI=1S/C18H24FN3O2S2/c1-4-22-14(3)18(13(2)20-22)26(23,24)21-10-9-17(25-12-11-21)15-7-5-6-8-16(15)19/h5-8,17H,4,9-12H2,1-3H3/t17-/m0/s1. The molecule has 0 unspecified atom stereocenters. The molecule has 142 valence electrons. The Kier molecular flexibility index (Phi) is 5.74. The number of thioether (sulfide) groups is 1. The van der Waals surface area contributed by atoms with Crippen LogP contribution in [0.25, 0.3) is 0 Å². The molecule has 0 saturated carbocycles. The Morgan fingerprint density at radius 3 is 2.65 bits per heavy atom. The van der Waals surface area contributed by atoms with Crippen molar-refractivity contribution in [1.29, 1.82) is 0 Å². The van der Waals surface area contributed by atoms with E-state index < -0.39 is 10.0 Å². The Morgan fingerprint density at radius 2 is 2.00 bits per heavy atom. The van der Waals surface area contributed by atoms with Gasteiger partial charge in [0.1, 0.15) is 10.7 Å². The van der Waals surface area contributed by atoms with Gasteiger partial charge < -0.3 is 0 Å². The van der Waals surface area contributed by atoms with Crippen molar-refractivity contribution < 1.29 is 12.8 Å². The van der Waals surface area contributed by atoms with E-state index in [1.165, 1.54) is 10.4 Å². The van der Waals surface area contributed by atoms with Gasteiger partial charge in [-0.2, -0.15) is 21.2 Å². The lowest BCUT2D eigenvalue weighted by atomic mass is 10.1. The van der Waals surface area contributed by atoms with Crippen LogP contribution in [0.1, 0.15) is 35.5 Å². The van der Waals surface area contributed by atoms with Gasteiger partial charge in [0, 0.05) is 36.2 Å². The van der Waals surface area contributed by atoms with E-state index in [-0.39, 0.29) is 11.1 Å². The number of rotatable bonds is 4. The van der Waals surface area contributed by atoms with Crippen LogP contribution in [0, 0.1) is 19.7 Å². The van der Waals surface area contributed by atoms with E-state index in [4.69, 9.17) is 0 Å². The summed E-state index contributed by atoms with van der Waals surface area (Å²) in [5.41, 5.74) is 1.86. The summed E-state index contributed by atoms with van der Waals surface area (Å²) in [4.78, 5) is 0.314. The second kappa shape index (κ2) is 7.70. The molecular formula is C18H24FN3O2S2. The van der Waals surface area contributed by atoms with Crippen molar-refractivity contribution in [3.05, 3.63) is 47.0 Å². The molecule has 1 aromatic heterocycles. The van der Waals surface area contributed by atoms with Gasteiger partial charge in [0.2, 0.25) is 10.0 Å². The van der Waals surface area contributed by atoms with Crippen molar-refractivity contribution in [3.63, 3.8) is 0 Å². The predicted octanol–water partition coefficient (Wildman–Crippen LogP) is 3.53. The number of halogens is 1. The Morgan fingerprint density at radius 1 is 1.27 bits per heavy atom. The van der Waals surface area contributed by atoms with Crippen molar-refractivity contribution in [2.24, 2.45) is 0 Å². The van der Waals surface area contributed by atoms with E-state index in [2.05, 4.69) is 5.10 Å². The molecule has 0 bridgehead atoms. The maximum atomic E-state index is 14.1. The highest BCUT2D eigenvalue weighted by Gasteiger charge is 2.33. The predicted molar refractivity (Wildman–Crippen MR) is 102 cm³/mol. The van der Waals surface area contributed by atoms with Crippen LogP contribution >= 0.6 is 11.8 Å². The normalized spacial score (nSPS) is 19.5. The van der Waals surface area contributed by atoms with E-state index in [1.54, 1.807) is 42.4 Å². The molecule has 0 aliphatic carbocycles. The van der Waals surface area contributed by atoms with Crippen LogP contribution in [0.4, 0.5) is 4.39 Å². The first kappa shape index (κ1) is 19.4. The molecule has 5 nitrogen and oxygen atoms in total. The summed E-state index contributed by atoms with van der Waals surface area (Å²) in [5.74, 6) is 0.412. The van der Waals surface area contributed by atoms with Gasteiger partial charge in [-0.3, -0.25) is 4.68 Å². The van der Waals surface area contributed by atoms with Crippen LogP contribution in [0.3, 0.4) is 0 Å². The highest BCUT2D eigenvalue weighted by atomic mass is 32.2. The van der Waals surface area contributed by atoms with Crippen LogP contribution in [-0.2, 0) is 16.6 Å². The summed E-state index contributed by atoms with van der Waals surface area (Å²) < 4.78 is 43.8. The number of hydrogen-bond acceptors (Lipinski definition) is 4. The largest absolute Gasteiger partial charge is 0.268 e. The number of benzene rings is 1. The maximum absolute atomic E-state index is 14.1. The van der Waals surface area contributed by atoms with Gasteiger partial charge in [-0.1, -0.05) is 18.2 Å². The number of nitrogens with zero attached hydrogens (tertiary/aromatic N) is 3. The second-order valence-electron chi connectivity index (χ2n) is 6.39. The van der Waals surface area contributed by atoms with Crippen LogP contribution in [-0.4, -0.2) is 41.3 Å². The number of aryl methyl sites for hydroxylation is 2. The lowest BCUT2D eigenvalue weighted by Gasteiger charge is -2.20. The lowest BCUT2D eigenvalue weighted by molar-refractivity contribution is 0.426. The first-order chi connectivity index (χ1) is 12.4. The van der Waals surface area contributed by atoms with E-state index in [9.17, 15) is 12.8 Å². The lowest BCUT2D eigenvalue weighted by Crippen LogP contribution is -2.33. The zero-order chi connectivity index (χ0) is 18.9. The van der Waals surface area contributed by atoms with Gasteiger partial charge in [0.25, 0.3) is 0 Å². The fourth-order valence-corrected chi connectivity index (χ4v) is 6.66. The molecule has 26 heavy (non-hydrogen) atoms. The number of aromatic nitrogens is 2. The van der Waals surface area contributed by atoms with Gasteiger partial charge in [-0.15, -0.1) is 0 Å². The molecule has 1 atom stereocenters. The van der Waals surface area contributed by atoms with E-state index in [0.717, 1.165) is 0 Å². The molecular weight excluding hydrogens is 373 g/mol. The smallest absolute Gasteiger partial charge is 0.246 e. The molecule has 0 N–H and O–H groups in total. The number of hydrogen-bond donors (Lipinski definition) is 0. The van der Waals surface area contributed by atoms with E-state index >= 15 is 0 Å². The van der Waals surface area contributed by atoms with Crippen LogP contribution in [0.15, 0.2) is 29.2 Å². The molecule has 1 aliphatic heterocycles. The Balaban J connectivity index is 1.85. The van der Waals surface area contributed by atoms with Crippen molar-refractivity contribution in [1.82, 2.24) is 14.1 Å². The molecule has 1 fully saturated rings. The Hall–Kier alpha value is -1.38. The van der Waals surface area contributed by atoms with Gasteiger partial charge >= 0.3 is 0 Å². The Bertz CT molecular complexity index is 896. The molecule has 0 spiro atoms. The van der Waals surface area contributed by atoms with Gasteiger partial charge in [0.05, 0.1) is 11.4 Å².